The molecule has 0 amide bonds. The van der Waals surface area contributed by atoms with Crippen LogP contribution in [-0.2, 0) is 23.7 Å². The first-order valence-corrected chi connectivity index (χ1v) is 12.4. The van der Waals surface area contributed by atoms with E-state index in [1.54, 1.807) is 0 Å². The summed E-state index contributed by atoms with van der Waals surface area (Å²) in [5.74, 6) is 1.08. The maximum Gasteiger partial charge on any atom is 0.188 e. The second-order valence-corrected chi connectivity index (χ2v) is 9.85. The van der Waals surface area contributed by atoms with E-state index in [-0.39, 0.29) is 11.3 Å². The van der Waals surface area contributed by atoms with Gasteiger partial charge in [0.2, 0.25) is 0 Å². The predicted octanol–water partition coefficient (Wildman–Crippen LogP) is 4.64. The van der Waals surface area contributed by atoms with Gasteiger partial charge in [-0.1, -0.05) is 26.3 Å². The molecule has 5 nitrogen and oxygen atoms in total. The quantitative estimate of drug-likeness (QED) is 0.581. The zero-order valence-corrected chi connectivity index (χ0v) is 18.9. The van der Waals surface area contributed by atoms with Gasteiger partial charge in [-0.25, -0.2) is 0 Å². The van der Waals surface area contributed by atoms with Crippen LogP contribution in [-0.4, -0.2) is 43.8 Å². The molecule has 5 fully saturated rings. The van der Waals surface area contributed by atoms with Crippen LogP contribution >= 0.6 is 0 Å². The lowest BCUT2D eigenvalue weighted by Gasteiger charge is -2.55. The van der Waals surface area contributed by atoms with E-state index in [4.69, 9.17) is 18.9 Å². The molecule has 6 rings (SSSR count). The third kappa shape index (κ3) is 2.78. The fraction of sp³-hybridized carbons (Fsp3) is 0.880. The summed E-state index contributed by atoms with van der Waals surface area (Å²) in [4.78, 5) is 13.6. The lowest BCUT2D eigenvalue weighted by atomic mass is 9.50. The van der Waals surface area contributed by atoms with E-state index < -0.39 is 11.6 Å². The number of hydrogen-bond donors (Lipinski definition) is 0. The van der Waals surface area contributed by atoms with Crippen molar-refractivity contribution in [2.45, 2.75) is 83.7 Å². The summed E-state index contributed by atoms with van der Waals surface area (Å²) in [7, 11) is 0. The number of allylic oxidation sites excluding steroid dienone is 1. The Balaban J connectivity index is 0.000000937. The molecule has 2 aliphatic heterocycles. The summed E-state index contributed by atoms with van der Waals surface area (Å²) >= 11 is 0. The second kappa shape index (κ2) is 7.68. The standard InChI is InChI=1S/C23H32O5.C2H6/c1-2-21-14-19(24)20-16-5-7-22(25-9-10-26-22)13-15(16)3-4-17(20)18(21)6-8-23(21)27-11-12-28-23;1-2/h13,16-18,20H,2-12,14H2,1H3;1-2H3. The molecule has 0 bridgehead atoms. The number of hydrogen-bond acceptors (Lipinski definition) is 5. The molecule has 5 unspecified atom stereocenters. The molecule has 2 heterocycles. The largest absolute Gasteiger partial charge is 0.347 e. The monoisotopic (exact) mass is 418 g/mol. The van der Waals surface area contributed by atoms with Crippen molar-refractivity contribution in [3.8, 4) is 0 Å². The molecule has 4 aliphatic carbocycles. The van der Waals surface area contributed by atoms with E-state index in [2.05, 4.69) is 13.0 Å². The number of fused-ring (bicyclic) bond motifs is 6. The van der Waals surface area contributed by atoms with Crippen molar-refractivity contribution in [1.82, 2.24) is 0 Å². The van der Waals surface area contributed by atoms with Crippen molar-refractivity contribution >= 4 is 5.78 Å². The van der Waals surface area contributed by atoms with Gasteiger partial charge in [0.15, 0.2) is 11.6 Å². The van der Waals surface area contributed by atoms with E-state index in [0.717, 1.165) is 44.9 Å². The third-order valence-corrected chi connectivity index (χ3v) is 9.14. The molecule has 0 aromatic heterocycles. The number of ether oxygens (including phenoxy) is 4. The van der Waals surface area contributed by atoms with Crippen molar-refractivity contribution in [3.05, 3.63) is 11.6 Å². The molecule has 6 aliphatic rings. The van der Waals surface area contributed by atoms with Gasteiger partial charge in [0, 0.05) is 30.6 Å². The molecule has 0 radical (unpaired) electrons. The van der Waals surface area contributed by atoms with Gasteiger partial charge in [-0.3, -0.25) is 4.79 Å². The zero-order valence-electron chi connectivity index (χ0n) is 18.9. The summed E-state index contributed by atoms with van der Waals surface area (Å²) in [5.41, 5.74) is 1.31. The van der Waals surface area contributed by atoms with Crippen molar-refractivity contribution < 1.29 is 23.7 Å². The minimum absolute atomic E-state index is 0.115. The number of Topliss-reactive ketones (excluding diaryl/α,β-unsaturated/α-hetero) is 1. The molecule has 2 spiro atoms. The van der Waals surface area contributed by atoms with E-state index in [1.807, 2.05) is 13.8 Å². The van der Waals surface area contributed by atoms with Crippen LogP contribution < -0.4 is 0 Å². The molecule has 168 valence electrons. The summed E-state index contributed by atoms with van der Waals surface area (Å²) in [6, 6.07) is 0. The van der Waals surface area contributed by atoms with Crippen LogP contribution in [0.15, 0.2) is 11.6 Å². The van der Waals surface area contributed by atoms with Crippen LogP contribution in [0.5, 0.6) is 0 Å². The van der Waals surface area contributed by atoms with Gasteiger partial charge in [-0.05, 0) is 55.9 Å². The minimum atomic E-state index is -0.495. The fourth-order valence-electron chi connectivity index (χ4n) is 8.11. The highest BCUT2D eigenvalue weighted by molar-refractivity contribution is 5.84. The van der Waals surface area contributed by atoms with Crippen LogP contribution in [0, 0.1) is 29.1 Å². The van der Waals surface area contributed by atoms with Crippen LogP contribution in [0.1, 0.15) is 72.1 Å². The highest BCUT2D eigenvalue weighted by Gasteiger charge is 2.69. The maximum absolute atomic E-state index is 13.6. The third-order valence-electron chi connectivity index (χ3n) is 9.14. The van der Waals surface area contributed by atoms with Crippen molar-refractivity contribution in [3.63, 3.8) is 0 Å². The van der Waals surface area contributed by atoms with E-state index in [0.29, 0.717) is 56.4 Å². The maximum atomic E-state index is 13.6. The SMILES string of the molecule is CC.CCC12CC(=O)C3C4CCC5(C=C4CCC3C1CCC21OCCO1)OCCO5. The van der Waals surface area contributed by atoms with Crippen LogP contribution in [0.4, 0.5) is 0 Å². The first-order chi connectivity index (χ1) is 14.6. The summed E-state index contributed by atoms with van der Waals surface area (Å²) in [5, 5.41) is 0. The minimum Gasteiger partial charge on any atom is -0.347 e. The predicted molar refractivity (Wildman–Crippen MR) is 113 cm³/mol. The number of rotatable bonds is 1. The zero-order chi connectivity index (χ0) is 21.0. The van der Waals surface area contributed by atoms with Crippen LogP contribution in [0.2, 0.25) is 0 Å². The van der Waals surface area contributed by atoms with Gasteiger partial charge in [-0.15, -0.1) is 0 Å². The molecular formula is C25H38O5. The van der Waals surface area contributed by atoms with Gasteiger partial charge >= 0.3 is 0 Å². The Kier molecular flexibility index (Phi) is 5.41. The molecule has 0 aromatic rings. The molecule has 0 N–H and O–H groups in total. The highest BCUT2D eigenvalue weighted by atomic mass is 16.7. The normalized spacial score (nSPS) is 42.9. The Morgan fingerprint density at radius 1 is 0.967 bits per heavy atom. The van der Waals surface area contributed by atoms with E-state index >= 15 is 0 Å². The lowest BCUT2D eigenvalue weighted by Crippen LogP contribution is -2.58. The molecule has 2 saturated heterocycles. The van der Waals surface area contributed by atoms with Gasteiger partial charge in [0.05, 0.1) is 26.4 Å². The molecule has 5 heteroatoms. The molecule has 30 heavy (non-hydrogen) atoms. The number of carbonyl (C=O) groups excluding carboxylic acids is 1. The van der Waals surface area contributed by atoms with Crippen molar-refractivity contribution in [2.75, 3.05) is 26.4 Å². The Morgan fingerprint density at radius 3 is 2.37 bits per heavy atom. The van der Waals surface area contributed by atoms with Crippen molar-refractivity contribution in [2.24, 2.45) is 29.1 Å². The average molecular weight is 419 g/mol. The number of ketones is 1. The Labute approximate surface area is 180 Å². The smallest absolute Gasteiger partial charge is 0.188 e. The summed E-state index contributed by atoms with van der Waals surface area (Å²) in [6.07, 6.45) is 10.1. The summed E-state index contributed by atoms with van der Waals surface area (Å²) < 4.78 is 24.4. The first kappa shape index (κ1) is 21.1. The van der Waals surface area contributed by atoms with E-state index in [1.165, 1.54) is 5.57 Å². The average Bonchev–Trinajstić information content (AvgIpc) is 3.51. The Morgan fingerprint density at radius 2 is 1.67 bits per heavy atom. The number of carbonyl (C=O) groups is 1. The molecule has 0 aromatic carbocycles. The second-order valence-electron chi connectivity index (χ2n) is 9.85. The molecule has 5 atom stereocenters. The van der Waals surface area contributed by atoms with Crippen LogP contribution in [0.25, 0.3) is 0 Å². The van der Waals surface area contributed by atoms with E-state index in [9.17, 15) is 4.79 Å². The lowest BCUT2D eigenvalue weighted by molar-refractivity contribution is -0.245. The van der Waals surface area contributed by atoms with Crippen LogP contribution in [0.3, 0.4) is 0 Å². The van der Waals surface area contributed by atoms with Gasteiger partial charge in [0.25, 0.3) is 0 Å². The summed E-state index contributed by atoms with van der Waals surface area (Å²) in [6.45, 7) is 8.96. The fourth-order valence-corrected chi connectivity index (χ4v) is 8.11. The Hall–Kier alpha value is -0.750. The topological polar surface area (TPSA) is 54.0 Å². The Bertz CT molecular complexity index is 702. The highest BCUT2D eigenvalue weighted by Crippen LogP contribution is 2.67. The molecular weight excluding hydrogens is 380 g/mol. The van der Waals surface area contributed by atoms with Gasteiger partial charge < -0.3 is 18.9 Å². The van der Waals surface area contributed by atoms with Gasteiger partial charge in [-0.2, -0.15) is 0 Å². The van der Waals surface area contributed by atoms with Crippen molar-refractivity contribution in [1.29, 1.82) is 0 Å². The van der Waals surface area contributed by atoms with Gasteiger partial charge in [0.1, 0.15) is 5.78 Å². The molecule has 3 saturated carbocycles. The first-order valence-electron chi connectivity index (χ1n) is 12.4.